The van der Waals surface area contributed by atoms with Crippen LogP contribution in [0.4, 0.5) is 0 Å². The molecule has 3 aliphatic heterocycles. The number of carbonyl (C=O) groups excluding carboxylic acids is 3. The van der Waals surface area contributed by atoms with Crippen LogP contribution in [0.1, 0.15) is 20.3 Å². The van der Waals surface area contributed by atoms with Crippen molar-refractivity contribution < 1.29 is 94.6 Å². The Hall–Kier alpha value is -2.03. The molecule has 3 saturated heterocycles. The fraction of sp³-hybridized carbons (Fsp3) is 0.880. The molecule has 0 bridgehead atoms. The Balaban J connectivity index is 1.96. The maximum Gasteiger partial charge on any atom is 0.289 e. The first-order valence-electron chi connectivity index (χ1n) is 14.2. The number of hydrogen-bond acceptors (Lipinski definition) is 19. The number of amides is 3. The van der Waals surface area contributed by atoms with Crippen LogP contribution in [-0.2, 0) is 33.3 Å². The molecule has 21 heteroatoms. The number of nitrogens with one attached hydrogen (secondary N) is 1. The number of aliphatic hydroxyl groups excluding tert-OH is 11. The highest BCUT2D eigenvalue weighted by atomic mass is 16.7. The lowest BCUT2D eigenvalue weighted by atomic mass is 9.87. The van der Waals surface area contributed by atoms with Crippen molar-refractivity contribution in [2.24, 2.45) is 0 Å². The van der Waals surface area contributed by atoms with Crippen LogP contribution < -0.4 is 5.32 Å². The van der Waals surface area contributed by atoms with Crippen LogP contribution in [0.3, 0.4) is 0 Å². The van der Waals surface area contributed by atoms with Crippen LogP contribution in [0.25, 0.3) is 0 Å². The SMILES string of the molecule is CC(=O)N[C@H]1[C@H]([C@H](O)[C@H](O)CO)O[C@](O)(C(=O)N(C(C)=O)[C@H]2[C@H](O)O[C@H](CO)C(O[C@@H]3O[C@H](CO)[C@H](O)[C@H](O)[C@H]3O)[C@@H]2O)C[C@@H]1O. The lowest BCUT2D eigenvalue weighted by Crippen LogP contribution is -2.72. The van der Waals surface area contributed by atoms with Gasteiger partial charge in [0, 0.05) is 20.3 Å². The Morgan fingerprint density at radius 2 is 1.52 bits per heavy atom. The largest absolute Gasteiger partial charge is 0.394 e. The standard InChI is InChI=1S/C25H42N2O19/c1-7(31)26-13-9(33)3-25(42,46-21(13)15(35)10(34)4-28)24(41)27(8(2)32)14-17(37)20(12(6-30)43-22(14)40)45-23-19(39)18(38)16(36)11(5-29)44-23/h9-23,28-30,33-40,42H,3-6H2,1-2H3,(H,26,31)/t9-,10+,11+,12+,13+,14+,15+,16-,17+,18-,19+,20?,21+,22+,23-,25-/m0/s1. The number of carbonyl (C=O) groups is 3. The van der Waals surface area contributed by atoms with Crippen LogP contribution in [-0.4, -0.2) is 201 Å². The molecule has 3 heterocycles. The third kappa shape index (κ3) is 7.65. The molecule has 0 saturated carbocycles. The van der Waals surface area contributed by atoms with E-state index in [2.05, 4.69) is 5.32 Å². The van der Waals surface area contributed by atoms with Gasteiger partial charge in [-0.3, -0.25) is 19.3 Å². The lowest BCUT2D eigenvalue weighted by molar-refractivity contribution is -0.350. The Kier molecular flexibility index (Phi) is 12.9. The summed E-state index contributed by atoms with van der Waals surface area (Å²) in [5, 5.41) is 126. The monoisotopic (exact) mass is 674 g/mol. The molecule has 3 fully saturated rings. The van der Waals surface area contributed by atoms with Gasteiger partial charge in [-0.25, -0.2) is 0 Å². The zero-order valence-electron chi connectivity index (χ0n) is 24.7. The van der Waals surface area contributed by atoms with E-state index in [1.54, 1.807) is 0 Å². The van der Waals surface area contributed by atoms with Crippen molar-refractivity contribution in [3.05, 3.63) is 0 Å². The summed E-state index contributed by atoms with van der Waals surface area (Å²) in [5.41, 5.74) is 0. The first-order valence-corrected chi connectivity index (χ1v) is 14.2. The summed E-state index contributed by atoms with van der Waals surface area (Å²) in [5.74, 6) is -7.05. The van der Waals surface area contributed by atoms with Gasteiger partial charge < -0.3 is 85.5 Å². The van der Waals surface area contributed by atoms with Crippen molar-refractivity contribution in [1.82, 2.24) is 10.2 Å². The molecule has 0 radical (unpaired) electrons. The summed E-state index contributed by atoms with van der Waals surface area (Å²) in [6.07, 6.45) is -26.3. The minimum atomic E-state index is -3.26. The number of ether oxygens (including phenoxy) is 4. The van der Waals surface area contributed by atoms with E-state index in [-0.39, 0.29) is 4.90 Å². The van der Waals surface area contributed by atoms with E-state index in [1.807, 2.05) is 0 Å². The molecule has 0 aromatic heterocycles. The second kappa shape index (κ2) is 15.5. The summed E-state index contributed by atoms with van der Waals surface area (Å²) < 4.78 is 21.4. The molecule has 13 N–H and O–H groups in total. The highest BCUT2D eigenvalue weighted by Gasteiger charge is 2.59. The third-order valence-corrected chi connectivity index (χ3v) is 8.04. The molecular weight excluding hydrogens is 632 g/mol. The van der Waals surface area contributed by atoms with Crippen LogP contribution in [0.2, 0.25) is 0 Å². The summed E-state index contributed by atoms with van der Waals surface area (Å²) in [6, 6.07) is -3.75. The first kappa shape index (κ1) is 38.4. The molecule has 3 aliphatic rings. The molecule has 1 unspecified atom stereocenters. The lowest BCUT2D eigenvalue weighted by Gasteiger charge is -2.50. The van der Waals surface area contributed by atoms with Gasteiger partial charge in [-0.05, 0) is 0 Å². The van der Waals surface area contributed by atoms with Crippen molar-refractivity contribution in [3.8, 4) is 0 Å². The fourth-order valence-electron chi connectivity index (χ4n) is 5.66. The zero-order valence-corrected chi connectivity index (χ0v) is 24.7. The van der Waals surface area contributed by atoms with Crippen molar-refractivity contribution in [3.63, 3.8) is 0 Å². The molecule has 0 spiro atoms. The van der Waals surface area contributed by atoms with Crippen molar-refractivity contribution in [2.45, 2.75) is 118 Å². The van der Waals surface area contributed by atoms with Gasteiger partial charge in [0.25, 0.3) is 11.7 Å². The number of aliphatic hydroxyl groups is 12. The molecule has 266 valence electrons. The summed E-state index contributed by atoms with van der Waals surface area (Å²) >= 11 is 0. The summed E-state index contributed by atoms with van der Waals surface area (Å²) in [6.45, 7) is -1.11. The van der Waals surface area contributed by atoms with Crippen LogP contribution in [0, 0.1) is 0 Å². The van der Waals surface area contributed by atoms with Crippen molar-refractivity contribution >= 4 is 17.7 Å². The van der Waals surface area contributed by atoms with Crippen LogP contribution >= 0.6 is 0 Å². The maximum absolute atomic E-state index is 13.8. The van der Waals surface area contributed by atoms with Gasteiger partial charge in [-0.15, -0.1) is 0 Å². The Morgan fingerprint density at radius 3 is 2.04 bits per heavy atom. The van der Waals surface area contributed by atoms with E-state index in [1.165, 1.54) is 0 Å². The van der Waals surface area contributed by atoms with Crippen LogP contribution in [0.15, 0.2) is 0 Å². The van der Waals surface area contributed by atoms with Gasteiger partial charge in [0.15, 0.2) is 12.6 Å². The number of nitrogens with zero attached hydrogens (tertiary/aromatic N) is 1. The quantitative estimate of drug-likeness (QED) is 0.102. The predicted octanol–water partition coefficient (Wildman–Crippen LogP) is -8.96. The molecule has 46 heavy (non-hydrogen) atoms. The maximum atomic E-state index is 13.8. The van der Waals surface area contributed by atoms with Crippen molar-refractivity contribution in [2.75, 3.05) is 19.8 Å². The van der Waals surface area contributed by atoms with Gasteiger partial charge in [0.1, 0.15) is 67.1 Å². The molecule has 3 rings (SSSR count). The highest BCUT2D eigenvalue weighted by molar-refractivity contribution is 5.98. The van der Waals surface area contributed by atoms with E-state index in [9.17, 15) is 75.7 Å². The molecule has 0 aromatic carbocycles. The van der Waals surface area contributed by atoms with E-state index in [4.69, 9.17) is 18.9 Å². The Bertz CT molecular complexity index is 1070. The first-order chi connectivity index (χ1) is 21.4. The summed E-state index contributed by atoms with van der Waals surface area (Å²) in [7, 11) is 0. The molecule has 16 atom stereocenters. The molecule has 21 nitrogen and oxygen atoms in total. The fourth-order valence-corrected chi connectivity index (χ4v) is 5.66. The van der Waals surface area contributed by atoms with E-state index < -0.39 is 142 Å². The van der Waals surface area contributed by atoms with E-state index >= 15 is 0 Å². The van der Waals surface area contributed by atoms with Gasteiger partial charge in [-0.1, -0.05) is 0 Å². The average molecular weight is 675 g/mol. The number of rotatable bonds is 10. The second-order valence-corrected chi connectivity index (χ2v) is 11.3. The van der Waals surface area contributed by atoms with Crippen LogP contribution in [0.5, 0.6) is 0 Å². The Labute approximate surface area is 260 Å². The Morgan fingerprint density at radius 1 is 0.913 bits per heavy atom. The molecule has 0 aliphatic carbocycles. The minimum Gasteiger partial charge on any atom is -0.394 e. The second-order valence-electron chi connectivity index (χ2n) is 11.3. The average Bonchev–Trinajstić information content (AvgIpc) is 3.00. The normalized spacial score (nSPS) is 43.0. The van der Waals surface area contributed by atoms with E-state index in [0.717, 1.165) is 13.8 Å². The van der Waals surface area contributed by atoms with Gasteiger partial charge in [-0.2, -0.15) is 0 Å². The minimum absolute atomic E-state index is 0.0733. The predicted molar refractivity (Wildman–Crippen MR) is 141 cm³/mol. The molecule has 3 amide bonds. The number of imide groups is 1. The van der Waals surface area contributed by atoms with Gasteiger partial charge in [0.2, 0.25) is 11.8 Å². The molecule has 0 aromatic rings. The van der Waals surface area contributed by atoms with E-state index in [0.29, 0.717) is 0 Å². The number of hydrogen-bond donors (Lipinski definition) is 13. The third-order valence-electron chi connectivity index (χ3n) is 8.04. The van der Waals surface area contributed by atoms with Crippen molar-refractivity contribution in [1.29, 1.82) is 0 Å². The zero-order chi connectivity index (χ0) is 34.8. The van der Waals surface area contributed by atoms with Gasteiger partial charge in [0.05, 0.1) is 32.0 Å². The molecular formula is C25H42N2O19. The highest BCUT2D eigenvalue weighted by Crippen LogP contribution is 2.35. The van der Waals surface area contributed by atoms with Gasteiger partial charge >= 0.3 is 0 Å². The summed E-state index contributed by atoms with van der Waals surface area (Å²) in [4.78, 5) is 38.5. The topological polar surface area (TPSA) is 346 Å². The smallest absolute Gasteiger partial charge is 0.289 e.